The Hall–Kier alpha value is 0.177. The Morgan fingerprint density at radius 3 is 2.00 bits per heavy atom. The molecule has 1 nitrogen and oxygen atoms in total. The molecule has 0 fully saturated rings. The van der Waals surface area contributed by atoms with Crippen LogP contribution in [0.1, 0.15) is 0 Å². The lowest BCUT2D eigenvalue weighted by molar-refractivity contribution is 1.11. The van der Waals surface area contributed by atoms with Crippen molar-refractivity contribution < 1.29 is 0 Å². The van der Waals surface area contributed by atoms with Gasteiger partial charge in [-0.15, -0.1) is 0 Å². The van der Waals surface area contributed by atoms with E-state index in [1.54, 1.807) is 0 Å². The highest BCUT2D eigenvalue weighted by Crippen LogP contribution is 1.83. The minimum atomic E-state index is -0.296. The molecular formula is C4H13NSi. The molecule has 0 aliphatic carbocycles. The maximum absolute atomic E-state index is 5.26. The average Bonchev–Trinajstić information content (AvgIpc) is 1.35. The van der Waals surface area contributed by atoms with E-state index in [0.717, 1.165) is 6.54 Å². The molecule has 6 heavy (non-hydrogen) atoms. The fourth-order valence-electron chi connectivity index (χ4n) is 0.333. The summed E-state index contributed by atoms with van der Waals surface area (Å²) < 4.78 is 0. The van der Waals surface area contributed by atoms with Gasteiger partial charge < -0.3 is 5.73 Å². The van der Waals surface area contributed by atoms with Crippen LogP contribution in [-0.2, 0) is 0 Å². The summed E-state index contributed by atoms with van der Waals surface area (Å²) in [5, 5.41) is 0. The highest BCUT2D eigenvalue weighted by Gasteiger charge is 1.88. The molecule has 0 atom stereocenters. The lowest BCUT2D eigenvalue weighted by atomic mass is 10.8. The van der Waals surface area contributed by atoms with Gasteiger partial charge in [0.2, 0.25) is 0 Å². The van der Waals surface area contributed by atoms with Crippen LogP contribution in [0.3, 0.4) is 0 Å². The summed E-state index contributed by atoms with van der Waals surface area (Å²) in [5.74, 6) is 0. The van der Waals surface area contributed by atoms with Gasteiger partial charge in [0, 0.05) is 8.80 Å². The summed E-state index contributed by atoms with van der Waals surface area (Å²) >= 11 is 0. The molecule has 0 aliphatic heterocycles. The van der Waals surface area contributed by atoms with Gasteiger partial charge in [0.15, 0.2) is 0 Å². The third-order valence-corrected chi connectivity index (χ3v) is 2.23. The van der Waals surface area contributed by atoms with Crippen molar-refractivity contribution in [2.24, 2.45) is 5.73 Å². The first-order chi connectivity index (χ1) is 2.77. The first kappa shape index (κ1) is 6.18. The van der Waals surface area contributed by atoms with E-state index in [-0.39, 0.29) is 8.80 Å². The summed E-state index contributed by atoms with van der Waals surface area (Å²) in [5.41, 5.74) is 5.26. The van der Waals surface area contributed by atoms with E-state index in [0.29, 0.717) is 0 Å². The van der Waals surface area contributed by atoms with Crippen molar-refractivity contribution >= 4 is 8.80 Å². The third kappa shape index (κ3) is 4.18. The van der Waals surface area contributed by atoms with Crippen molar-refractivity contribution in [3.8, 4) is 0 Å². The normalized spacial score (nSPS) is 10.0. The Morgan fingerprint density at radius 2 is 2.00 bits per heavy atom. The fourth-order valence-corrected chi connectivity index (χ4v) is 1.00. The van der Waals surface area contributed by atoms with Crippen molar-refractivity contribution in [3.63, 3.8) is 0 Å². The van der Waals surface area contributed by atoms with Gasteiger partial charge in [0.1, 0.15) is 0 Å². The lowest BCUT2D eigenvalue weighted by Gasteiger charge is -1.93. The van der Waals surface area contributed by atoms with E-state index in [1.165, 1.54) is 6.04 Å². The molecule has 0 saturated heterocycles. The quantitative estimate of drug-likeness (QED) is 0.504. The van der Waals surface area contributed by atoms with Crippen LogP contribution in [0, 0.1) is 0 Å². The molecule has 0 radical (unpaired) electrons. The van der Waals surface area contributed by atoms with Gasteiger partial charge in [-0.25, -0.2) is 0 Å². The van der Waals surface area contributed by atoms with E-state index in [4.69, 9.17) is 5.73 Å². The molecule has 0 heterocycles. The van der Waals surface area contributed by atoms with Crippen LogP contribution in [0.25, 0.3) is 0 Å². The zero-order chi connectivity index (χ0) is 4.99. The largest absolute Gasteiger partial charge is 0.331 e. The molecule has 2 N–H and O–H groups in total. The van der Waals surface area contributed by atoms with E-state index in [9.17, 15) is 0 Å². The molecule has 0 aliphatic rings. The second-order valence-electron chi connectivity index (χ2n) is 1.97. The van der Waals surface area contributed by atoms with Gasteiger partial charge in [0.25, 0.3) is 0 Å². The van der Waals surface area contributed by atoms with Gasteiger partial charge in [0.05, 0.1) is 0 Å². The molecule has 0 aromatic heterocycles. The van der Waals surface area contributed by atoms with Crippen molar-refractivity contribution in [1.82, 2.24) is 0 Å². The average molecular weight is 103 g/mol. The van der Waals surface area contributed by atoms with Crippen molar-refractivity contribution in [2.75, 3.05) is 6.54 Å². The Labute approximate surface area is 41.2 Å². The van der Waals surface area contributed by atoms with Gasteiger partial charge in [-0.1, -0.05) is 13.1 Å². The van der Waals surface area contributed by atoms with Crippen LogP contribution in [0.5, 0.6) is 0 Å². The first-order valence-corrected chi connectivity index (χ1v) is 5.60. The van der Waals surface area contributed by atoms with E-state index in [2.05, 4.69) is 13.1 Å². The van der Waals surface area contributed by atoms with Crippen LogP contribution in [0.15, 0.2) is 0 Å². The van der Waals surface area contributed by atoms with Crippen LogP contribution in [0.4, 0.5) is 0 Å². The van der Waals surface area contributed by atoms with Crippen molar-refractivity contribution in [3.05, 3.63) is 0 Å². The Kier molecular flexibility index (Phi) is 3.47. The minimum Gasteiger partial charge on any atom is -0.331 e. The second-order valence-corrected chi connectivity index (χ2v) is 5.34. The monoisotopic (exact) mass is 103 g/mol. The number of rotatable bonds is 2. The molecule has 0 aromatic rings. The maximum Gasteiger partial charge on any atom is 0.0318 e. The lowest BCUT2D eigenvalue weighted by Crippen LogP contribution is -2.08. The molecule has 0 spiro atoms. The maximum atomic E-state index is 5.26. The minimum absolute atomic E-state index is 0.296. The summed E-state index contributed by atoms with van der Waals surface area (Å²) in [6.45, 7) is 5.52. The molecular weight excluding hydrogens is 90.1 g/mol. The summed E-state index contributed by atoms with van der Waals surface area (Å²) in [4.78, 5) is 0. The zero-order valence-electron chi connectivity index (χ0n) is 4.57. The number of nitrogens with two attached hydrogens (primary N) is 1. The predicted octanol–water partition coefficient (Wildman–Crippen LogP) is 0.432. The molecule has 0 amide bonds. The van der Waals surface area contributed by atoms with E-state index < -0.39 is 0 Å². The molecule has 2 heteroatoms. The predicted molar refractivity (Wildman–Crippen MR) is 32.7 cm³/mol. The Balaban J connectivity index is 2.63. The standard InChI is InChI=1S/C4H13NSi/c1-6(2)4-3-5/h6H,3-5H2,1-2H3. The van der Waals surface area contributed by atoms with Crippen LogP contribution in [0.2, 0.25) is 19.1 Å². The van der Waals surface area contributed by atoms with E-state index in [1.807, 2.05) is 0 Å². The zero-order valence-corrected chi connectivity index (χ0v) is 5.72. The summed E-state index contributed by atoms with van der Waals surface area (Å²) in [7, 11) is -0.296. The Bertz CT molecular complexity index is 28.7. The van der Waals surface area contributed by atoms with Crippen molar-refractivity contribution in [2.45, 2.75) is 19.1 Å². The Morgan fingerprint density at radius 1 is 1.50 bits per heavy atom. The van der Waals surface area contributed by atoms with Crippen LogP contribution < -0.4 is 5.73 Å². The highest BCUT2D eigenvalue weighted by molar-refractivity contribution is 6.55. The fraction of sp³-hybridized carbons (Fsp3) is 1.00. The summed E-state index contributed by atoms with van der Waals surface area (Å²) in [6.07, 6.45) is 0. The van der Waals surface area contributed by atoms with E-state index >= 15 is 0 Å². The highest BCUT2D eigenvalue weighted by atomic mass is 28.3. The number of hydrogen-bond acceptors (Lipinski definition) is 1. The second kappa shape index (κ2) is 3.37. The van der Waals surface area contributed by atoms with Crippen LogP contribution >= 0.6 is 0 Å². The smallest absolute Gasteiger partial charge is 0.0318 e. The van der Waals surface area contributed by atoms with Gasteiger partial charge >= 0.3 is 0 Å². The van der Waals surface area contributed by atoms with Crippen LogP contribution in [-0.4, -0.2) is 15.3 Å². The molecule has 0 bridgehead atoms. The van der Waals surface area contributed by atoms with Gasteiger partial charge in [-0.05, 0) is 12.6 Å². The molecule has 38 valence electrons. The SMILES string of the molecule is C[SiH](C)CCN. The molecule has 0 aromatic carbocycles. The molecule has 0 unspecified atom stereocenters. The summed E-state index contributed by atoms with van der Waals surface area (Å²) in [6, 6.07) is 1.29. The molecule has 0 rings (SSSR count). The van der Waals surface area contributed by atoms with Gasteiger partial charge in [-0.2, -0.15) is 0 Å². The number of hydrogen-bond donors (Lipinski definition) is 1. The topological polar surface area (TPSA) is 26.0 Å². The first-order valence-electron chi connectivity index (χ1n) is 2.47. The van der Waals surface area contributed by atoms with Gasteiger partial charge in [-0.3, -0.25) is 0 Å². The molecule has 0 saturated carbocycles. The van der Waals surface area contributed by atoms with Crippen molar-refractivity contribution in [1.29, 1.82) is 0 Å². The third-order valence-electron chi connectivity index (χ3n) is 0.744.